The zero-order valence-corrected chi connectivity index (χ0v) is 12.9. The number of hydrogen-bond acceptors (Lipinski definition) is 4. The highest BCUT2D eigenvalue weighted by atomic mass is 16.6. The van der Waals surface area contributed by atoms with Gasteiger partial charge in [-0.05, 0) is 50.1 Å². The predicted octanol–water partition coefficient (Wildman–Crippen LogP) is 3.11. The maximum absolute atomic E-state index is 10.8. The minimum atomic E-state index is -0.396. The smallest absolute Gasteiger partial charge is 0.269 e. The van der Waals surface area contributed by atoms with Crippen LogP contribution < -0.4 is 5.73 Å². The third-order valence-corrected chi connectivity index (χ3v) is 3.91. The van der Waals surface area contributed by atoms with Crippen molar-refractivity contribution in [1.29, 1.82) is 0 Å². The molecule has 0 bridgehead atoms. The Balaban J connectivity index is 2.15. The van der Waals surface area contributed by atoms with Gasteiger partial charge in [-0.3, -0.25) is 10.1 Å². The Morgan fingerprint density at radius 3 is 2.65 bits per heavy atom. The van der Waals surface area contributed by atoms with Crippen LogP contribution in [0.15, 0.2) is 42.6 Å². The molecule has 6 heteroatoms. The highest BCUT2D eigenvalue weighted by Crippen LogP contribution is 2.28. The molecule has 118 valence electrons. The van der Waals surface area contributed by atoms with Crippen LogP contribution in [0.5, 0.6) is 0 Å². The molecule has 0 saturated carbocycles. The summed E-state index contributed by atoms with van der Waals surface area (Å²) >= 11 is 0. The number of imidazole rings is 1. The topological polar surface area (TPSA) is 86.5 Å². The van der Waals surface area contributed by atoms with E-state index < -0.39 is 4.92 Å². The number of aryl methyl sites for hydroxylation is 2. The van der Waals surface area contributed by atoms with Gasteiger partial charge < -0.3 is 10.1 Å². The molecule has 0 aliphatic carbocycles. The average Bonchev–Trinajstić information content (AvgIpc) is 2.93. The number of pyridine rings is 1. The lowest BCUT2D eigenvalue weighted by Crippen LogP contribution is -2.03. The standard InChI is InChI=1S/C17H18N4O2/c1-12-4-3-11-20-15(5-2-10-18)16(19-17(12)20)13-6-8-14(9-7-13)21(22)23/h3-4,6-9,11H,2,5,10,18H2,1H3. The molecule has 3 aromatic rings. The summed E-state index contributed by atoms with van der Waals surface area (Å²) in [4.78, 5) is 15.2. The fourth-order valence-corrected chi connectivity index (χ4v) is 2.73. The van der Waals surface area contributed by atoms with Crippen molar-refractivity contribution < 1.29 is 4.92 Å². The zero-order valence-electron chi connectivity index (χ0n) is 12.9. The molecule has 0 fully saturated rings. The molecular formula is C17H18N4O2. The Kier molecular flexibility index (Phi) is 4.08. The van der Waals surface area contributed by atoms with Gasteiger partial charge in [0.05, 0.1) is 16.3 Å². The lowest BCUT2D eigenvalue weighted by molar-refractivity contribution is -0.384. The molecule has 6 nitrogen and oxygen atoms in total. The molecule has 3 rings (SSSR count). The first-order chi connectivity index (χ1) is 11.1. The van der Waals surface area contributed by atoms with Gasteiger partial charge in [-0.15, -0.1) is 0 Å². The Morgan fingerprint density at radius 2 is 2.00 bits per heavy atom. The Hall–Kier alpha value is -2.73. The third-order valence-electron chi connectivity index (χ3n) is 3.91. The molecule has 2 aromatic heterocycles. The van der Waals surface area contributed by atoms with E-state index in [1.54, 1.807) is 12.1 Å². The fraction of sp³-hybridized carbons (Fsp3) is 0.235. The van der Waals surface area contributed by atoms with Crippen LogP contribution in [-0.2, 0) is 6.42 Å². The number of aromatic nitrogens is 2. The van der Waals surface area contributed by atoms with E-state index in [4.69, 9.17) is 10.7 Å². The molecule has 0 aliphatic rings. The number of benzene rings is 1. The van der Waals surface area contributed by atoms with E-state index in [-0.39, 0.29) is 5.69 Å². The summed E-state index contributed by atoms with van der Waals surface area (Å²) in [6.07, 6.45) is 3.67. The van der Waals surface area contributed by atoms with Gasteiger partial charge in [0, 0.05) is 23.9 Å². The molecule has 0 atom stereocenters. The van der Waals surface area contributed by atoms with Crippen molar-refractivity contribution in [3.8, 4) is 11.3 Å². The van der Waals surface area contributed by atoms with E-state index >= 15 is 0 Å². The van der Waals surface area contributed by atoms with Crippen LogP contribution in [0.3, 0.4) is 0 Å². The second-order valence-corrected chi connectivity index (χ2v) is 5.49. The van der Waals surface area contributed by atoms with Crippen molar-refractivity contribution in [1.82, 2.24) is 9.38 Å². The van der Waals surface area contributed by atoms with Gasteiger partial charge in [0.25, 0.3) is 5.69 Å². The molecule has 0 unspecified atom stereocenters. The Morgan fingerprint density at radius 1 is 1.26 bits per heavy atom. The predicted molar refractivity (Wildman–Crippen MR) is 89.4 cm³/mol. The number of hydrogen-bond donors (Lipinski definition) is 1. The lowest BCUT2D eigenvalue weighted by atomic mass is 10.1. The van der Waals surface area contributed by atoms with Crippen LogP contribution in [0.2, 0.25) is 0 Å². The number of fused-ring (bicyclic) bond motifs is 1. The van der Waals surface area contributed by atoms with Crippen LogP contribution >= 0.6 is 0 Å². The van der Waals surface area contributed by atoms with Crippen molar-refractivity contribution in [3.63, 3.8) is 0 Å². The molecule has 2 heterocycles. The minimum absolute atomic E-state index is 0.0807. The first-order valence-electron chi connectivity index (χ1n) is 7.53. The minimum Gasteiger partial charge on any atom is -0.330 e. The molecule has 0 aliphatic heterocycles. The molecule has 0 radical (unpaired) electrons. The lowest BCUT2D eigenvalue weighted by Gasteiger charge is -2.05. The molecule has 1 aromatic carbocycles. The van der Waals surface area contributed by atoms with Gasteiger partial charge in [0.2, 0.25) is 0 Å². The average molecular weight is 310 g/mol. The highest BCUT2D eigenvalue weighted by molar-refractivity contribution is 5.68. The number of nitro groups is 1. The number of nitro benzene ring substituents is 1. The van der Waals surface area contributed by atoms with Crippen molar-refractivity contribution in [3.05, 3.63) is 64.0 Å². The van der Waals surface area contributed by atoms with E-state index in [9.17, 15) is 10.1 Å². The van der Waals surface area contributed by atoms with Crippen LogP contribution in [0, 0.1) is 17.0 Å². The summed E-state index contributed by atoms with van der Waals surface area (Å²) in [6, 6.07) is 10.5. The molecule has 2 N–H and O–H groups in total. The van der Waals surface area contributed by atoms with E-state index in [1.165, 1.54) is 12.1 Å². The molecule has 0 spiro atoms. The van der Waals surface area contributed by atoms with E-state index in [2.05, 4.69) is 4.40 Å². The SMILES string of the molecule is Cc1cccn2c(CCCN)c(-c3ccc([N+](=O)[O-])cc3)nc12. The summed E-state index contributed by atoms with van der Waals surface area (Å²) in [5.41, 5.74) is 10.6. The molecule has 0 saturated heterocycles. The summed E-state index contributed by atoms with van der Waals surface area (Å²) in [5.74, 6) is 0. The normalized spacial score (nSPS) is 11.0. The van der Waals surface area contributed by atoms with Crippen LogP contribution in [0.1, 0.15) is 17.7 Å². The van der Waals surface area contributed by atoms with Crippen molar-refractivity contribution >= 4 is 11.3 Å². The largest absolute Gasteiger partial charge is 0.330 e. The molecular weight excluding hydrogens is 292 g/mol. The summed E-state index contributed by atoms with van der Waals surface area (Å²) in [7, 11) is 0. The first kappa shape index (κ1) is 15.2. The molecule has 23 heavy (non-hydrogen) atoms. The number of nitrogens with two attached hydrogens (primary N) is 1. The van der Waals surface area contributed by atoms with Crippen LogP contribution in [-0.4, -0.2) is 20.9 Å². The van der Waals surface area contributed by atoms with E-state index in [0.29, 0.717) is 6.54 Å². The fourth-order valence-electron chi connectivity index (χ4n) is 2.73. The summed E-state index contributed by atoms with van der Waals surface area (Å²) in [6.45, 7) is 2.63. The van der Waals surface area contributed by atoms with Gasteiger partial charge in [-0.25, -0.2) is 4.98 Å². The number of nitrogens with zero attached hydrogens (tertiary/aromatic N) is 3. The maximum atomic E-state index is 10.8. The van der Waals surface area contributed by atoms with Gasteiger partial charge in [-0.2, -0.15) is 0 Å². The summed E-state index contributed by atoms with van der Waals surface area (Å²) < 4.78 is 2.09. The second-order valence-electron chi connectivity index (χ2n) is 5.49. The van der Waals surface area contributed by atoms with Crippen LogP contribution in [0.4, 0.5) is 5.69 Å². The Labute approximate surface area is 133 Å². The third kappa shape index (κ3) is 2.80. The van der Waals surface area contributed by atoms with Crippen molar-refractivity contribution in [2.75, 3.05) is 6.54 Å². The van der Waals surface area contributed by atoms with Gasteiger partial charge in [0.1, 0.15) is 5.65 Å². The van der Waals surface area contributed by atoms with Gasteiger partial charge >= 0.3 is 0 Å². The quantitative estimate of drug-likeness (QED) is 0.579. The monoisotopic (exact) mass is 310 g/mol. The van der Waals surface area contributed by atoms with Crippen molar-refractivity contribution in [2.45, 2.75) is 19.8 Å². The van der Waals surface area contributed by atoms with Gasteiger partial charge in [-0.1, -0.05) is 6.07 Å². The van der Waals surface area contributed by atoms with Crippen molar-refractivity contribution in [2.24, 2.45) is 5.73 Å². The molecule has 0 amide bonds. The Bertz CT molecular complexity index is 853. The maximum Gasteiger partial charge on any atom is 0.269 e. The summed E-state index contributed by atoms with van der Waals surface area (Å²) in [5, 5.41) is 10.8. The number of non-ortho nitro benzene ring substituents is 1. The second kappa shape index (κ2) is 6.18. The highest BCUT2D eigenvalue weighted by Gasteiger charge is 2.15. The van der Waals surface area contributed by atoms with Gasteiger partial charge in [0.15, 0.2) is 0 Å². The van der Waals surface area contributed by atoms with Crippen LogP contribution in [0.25, 0.3) is 16.9 Å². The van der Waals surface area contributed by atoms with E-state index in [1.807, 2.05) is 25.3 Å². The van der Waals surface area contributed by atoms with E-state index in [0.717, 1.165) is 41.0 Å². The number of rotatable bonds is 5. The first-order valence-corrected chi connectivity index (χ1v) is 7.53. The zero-order chi connectivity index (χ0) is 16.4.